The summed E-state index contributed by atoms with van der Waals surface area (Å²) < 4.78 is 10.6. The first-order chi connectivity index (χ1) is 8.36. The summed E-state index contributed by atoms with van der Waals surface area (Å²) in [6.07, 6.45) is 0.820. The van der Waals surface area contributed by atoms with Gasteiger partial charge in [-0.2, -0.15) is 0 Å². The van der Waals surface area contributed by atoms with Gasteiger partial charge in [0.25, 0.3) is 0 Å². The standard InChI is InChI=1S/C12H12N2O2S/c13-4-3-9-6-17-12(14-9)8-1-2-10-11(5-8)16-7-15-10/h1-2,5-6H,3-4,7,13H2. The number of nitrogens with zero attached hydrogens (tertiary/aromatic N) is 1. The number of aromatic nitrogens is 1. The second-order valence-electron chi connectivity index (χ2n) is 3.75. The van der Waals surface area contributed by atoms with Crippen molar-refractivity contribution in [3.8, 4) is 22.1 Å². The summed E-state index contributed by atoms with van der Waals surface area (Å²) in [6, 6.07) is 5.88. The molecule has 0 saturated heterocycles. The van der Waals surface area contributed by atoms with E-state index in [0.29, 0.717) is 13.3 Å². The Bertz CT molecular complexity index is 539. The molecule has 0 unspecified atom stereocenters. The minimum Gasteiger partial charge on any atom is -0.454 e. The molecule has 17 heavy (non-hydrogen) atoms. The molecular formula is C12H12N2O2S. The molecule has 0 fully saturated rings. The molecule has 88 valence electrons. The van der Waals surface area contributed by atoms with E-state index in [-0.39, 0.29) is 0 Å². The number of fused-ring (bicyclic) bond motifs is 1. The van der Waals surface area contributed by atoms with Gasteiger partial charge in [-0.25, -0.2) is 4.98 Å². The average molecular weight is 248 g/mol. The van der Waals surface area contributed by atoms with Crippen LogP contribution in [0.1, 0.15) is 5.69 Å². The molecule has 2 heterocycles. The van der Waals surface area contributed by atoms with Crippen molar-refractivity contribution in [2.24, 2.45) is 5.73 Å². The van der Waals surface area contributed by atoms with Gasteiger partial charge in [-0.15, -0.1) is 11.3 Å². The quantitative estimate of drug-likeness (QED) is 0.903. The van der Waals surface area contributed by atoms with Crippen molar-refractivity contribution in [2.45, 2.75) is 6.42 Å². The first-order valence-corrected chi connectivity index (χ1v) is 6.29. The van der Waals surface area contributed by atoms with E-state index in [1.54, 1.807) is 11.3 Å². The van der Waals surface area contributed by atoms with Gasteiger partial charge in [0.1, 0.15) is 5.01 Å². The van der Waals surface area contributed by atoms with Crippen LogP contribution in [0.4, 0.5) is 0 Å². The van der Waals surface area contributed by atoms with Gasteiger partial charge in [0.2, 0.25) is 6.79 Å². The molecule has 0 radical (unpaired) electrons. The van der Waals surface area contributed by atoms with E-state index >= 15 is 0 Å². The van der Waals surface area contributed by atoms with Gasteiger partial charge in [0.15, 0.2) is 11.5 Å². The predicted octanol–water partition coefficient (Wildman–Crippen LogP) is 2.04. The highest BCUT2D eigenvalue weighted by Gasteiger charge is 2.15. The lowest BCUT2D eigenvalue weighted by atomic mass is 10.2. The van der Waals surface area contributed by atoms with E-state index in [4.69, 9.17) is 15.2 Å². The van der Waals surface area contributed by atoms with Crippen LogP contribution >= 0.6 is 11.3 Å². The summed E-state index contributed by atoms with van der Waals surface area (Å²) in [5.74, 6) is 1.59. The lowest BCUT2D eigenvalue weighted by Crippen LogP contribution is -2.02. The number of rotatable bonds is 3. The molecule has 0 spiro atoms. The molecule has 1 aromatic heterocycles. The Morgan fingerprint density at radius 3 is 3.06 bits per heavy atom. The molecule has 0 bridgehead atoms. The van der Waals surface area contributed by atoms with E-state index in [1.807, 2.05) is 23.6 Å². The monoisotopic (exact) mass is 248 g/mol. The molecule has 0 atom stereocenters. The molecule has 5 heteroatoms. The molecule has 0 aliphatic carbocycles. The van der Waals surface area contributed by atoms with Crippen LogP contribution in [-0.4, -0.2) is 18.3 Å². The van der Waals surface area contributed by atoms with Gasteiger partial charge >= 0.3 is 0 Å². The molecule has 4 nitrogen and oxygen atoms in total. The number of benzene rings is 1. The SMILES string of the molecule is NCCc1csc(-c2ccc3c(c2)OCO3)n1. The third kappa shape index (κ3) is 1.99. The Morgan fingerprint density at radius 1 is 1.29 bits per heavy atom. The molecule has 0 amide bonds. The van der Waals surface area contributed by atoms with E-state index in [0.717, 1.165) is 34.2 Å². The van der Waals surface area contributed by atoms with E-state index in [9.17, 15) is 0 Å². The molecule has 1 aromatic carbocycles. The van der Waals surface area contributed by atoms with Crippen molar-refractivity contribution < 1.29 is 9.47 Å². The van der Waals surface area contributed by atoms with Crippen LogP contribution in [0.15, 0.2) is 23.6 Å². The average Bonchev–Trinajstić information content (AvgIpc) is 2.96. The highest BCUT2D eigenvalue weighted by molar-refractivity contribution is 7.13. The largest absolute Gasteiger partial charge is 0.454 e. The Hall–Kier alpha value is -1.59. The molecule has 2 N–H and O–H groups in total. The van der Waals surface area contributed by atoms with Crippen LogP contribution in [0.3, 0.4) is 0 Å². The van der Waals surface area contributed by atoms with Crippen molar-refractivity contribution in [3.63, 3.8) is 0 Å². The summed E-state index contributed by atoms with van der Waals surface area (Å²) >= 11 is 1.63. The maximum atomic E-state index is 5.51. The van der Waals surface area contributed by atoms with Crippen LogP contribution in [0, 0.1) is 0 Å². The molecule has 1 aliphatic rings. The van der Waals surface area contributed by atoms with Crippen LogP contribution in [0.5, 0.6) is 11.5 Å². The zero-order valence-electron chi connectivity index (χ0n) is 9.18. The predicted molar refractivity (Wildman–Crippen MR) is 66.4 cm³/mol. The Morgan fingerprint density at radius 2 is 2.18 bits per heavy atom. The Balaban J connectivity index is 1.92. The molecule has 2 aromatic rings. The minimum absolute atomic E-state index is 0.301. The summed E-state index contributed by atoms with van der Waals surface area (Å²) in [5, 5.41) is 3.04. The summed E-state index contributed by atoms with van der Waals surface area (Å²) in [5.41, 5.74) is 7.61. The molecule has 1 aliphatic heterocycles. The second-order valence-corrected chi connectivity index (χ2v) is 4.61. The molecule has 0 saturated carbocycles. The lowest BCUT2D eigenvalue weighted by molar-refractivity contribution is 0.174. The van der Waals surface area contributed by atoms with Crippen molar-refractivity contribution in [2.75, 3.05) is 13.3 Å². The highest BCUT2D eigenvalue weighted by Crippen LogP contribution is 2.36. The second kappa shape index (κ2) is 4.35. The number of ether oxygens (including phenoxy) is 2. The fourth-order valence-corrected chi connectivity index (χ4v) is 2.58. The fraction of sp³-hybridized carbons (Fsp3) is 0.250. The van der Waals surface area contributed by atoms with Gasteiger partial charge in [-0.3, -0.25) is 0 Å². The Labute approximate surface area is 103 Å². The maximum Gasteiger partial charge on any atom is 0.231 e. The first kappa shape index (κ1) is 10.6. The van der Waals surface area contributed by atoms with E-state index in [1.165, 1.54) is 0 Å². The summed E-state index contributed by atoms with van der Waals surface area (Å²) in [4.78, 5) is 4.54. The zero-order valence-corrected chi connectivity index (χ0v) is 10.00. The number of hydrogen-bond donors (Lipinski definition) is 1. The van der Waals surface area contributed by atoms with Crippen molar-refractivity contribution in [3.05, 3.63) is 29.3 Å². The Kier molecular flexibility index (Phi) is 2.70. The van der Waals surface area contributed by atoms with Gasteiger partial charge in [-0.1, -0.05) is 0 Å². The lowest BCUT2D eigenvalue weighted by Gasteiger charge is -1.99. The van der Waals surface area contributed by atoms with Gasteiger partial charge < -0.3 is 15.2 Å². The number of nitrogens with two attached hydrogens (primary N) is 1. The van der Waals surface area contributed by atoms with Gasteiger partial charge in [-0.05, 0) is 24.7 Å². The van der Waals surface area contributed by atoms with E-state index < -0.39 is 0 Å². The van der Waals surface area contributed by atoms with Crippen LogP contribution in [-0.2, 0) is 6.42 Å². The smallest absolute Gasteiger partial charge is 0.231 e. The third-order valence-corrected chi connectivity index (χ3v) is 3.51. The summed E-state index contributed by atoms with van der Waals surface area (Å²) in [7, 11) is 0. The molecule has 3 rings (SSSR count). The fourth-order valence-electron chi connectivity index (χ4n) is 1.73. The topological polar surface area (TPSA) is 57.4 Å². The third-order valence-electron chi connectivity index (χ3n) is 2.57. The molecular weight excluding hydrogens is 236 g/mol. The van der Waals surface area contributed by atoms with Crippen LogP contribution < -0.4 is 15.2 Å². The highest BCUT2D eigenvalue weighted by atomic mass is 32.1. The van der Waals surface area contributed by atoms with Gasteiger partial charge in [0, 0.05) is 17.4 Å². The van der Waals surface area contributed by atoms with Crippen molar-refractivity contribution >= 4 is 11.3 Å². The minimum atomic E-state index is 0.301. The summed E-state index contributed by atoms with van der Waals surface area (Å²) in [6.45, 7) is 0.930. The maximum absolute atomic E-state index is 5.51. The van der Waals surface area contributed by atoms with Crippen LogP contribution in [0.25, 0.3) is 10.6 Å². The number of thiazole rings is 1. The zero-order chi connectivity index (χ0) is 11.7. The van der Waals surface area contributed by atoms with E-state index in [2.05, 4.69) is 4.98 Å². The van der Waals surface area contributed by atoms with Crippen LogP contribution in [0.2, 0.25) is 0 Å². The van der Waals surface area contributed by atoms with Crippen molar-refractivity contribution in [1.82, 2.24) is 4.98 Å². The normalized spacial score (nSPS) is 13.0. The first-order valence-electron chi connectivity index (χ1n) is 5.41. The van der Waals surface area contributed by atoms with Gasteiger partial charge in [0.05, 0.1) is 5.69 Å². The van der Waals surface area contributed by atoms with Crippen molar-refractivity contribution in [1.29, 1.82) is 0 Å². The number of hydrogen-bond acceptors (Lipinski definition) is 5.